The number of urea groups is 1. The number of ether oxygens (including phenoxy) is 1. The Bertz CT molecular complexity index is 718. The average molecular weight is 327 g/mol. The van der Waals surface area contributed by atoms with Gasteiger partial charge in [-0.2, -0.15) is 0 Å². The molecule has 0 unspecified atom stereocenters. The summed E-state index contributed by atoms with van der Waals surface area (Å²) in [5.41, 5.74) is 2.04. The van der Waals surface area contributed by atoms with Crippen LogP contribution in [0.15, 0.2) is 34.9 Å². The van der Waals surface area contributed by atoms with E-state index in [0.717, 1.165) is 43.0 Å². The van der Waals surface area contributed by atoms with Crippen LogP contribution in [0.25, 0.3) is 0 Å². The summed E-state index contributed by atoms with van der Waals surface area (Å²) in [6.07, 6.45) is 2.72. The Morgan fingerprint density at radius 3 is 3.08 bits per heavy atom. The van der Waals surface area contributed by atoms with Crippen molar-refractivity contribution in [2.45, 2.75) is 38.3 Å². The molecule has 24 heavy (non-hydrogen) atoms. The Kier molecular flexibility index (Phi) is 3.88. The van der Waals surface area contributed by atoms with Gasteiger partial charge in [0.05, 0.1) is 18.3 Å². The molecule has 0 spiro atoms. The van der Waals surface area contributed by atoms with E-state index in [9.17, 15) is 4.79 Å². The van der Waals surface area contributed by atoms with Crippen molar-refractivity contribution in [3.8, 4) is 5.75 Å². The van der Waals surface area contributed by atoms with Crippen LogP contribution in [0.1, 0.15) is 35.9 Å². The van der Waals surface area contributed by atoms with E-state index in [4.69, 9.17) is 9.26 Å². The first-order valence-corrected chi connectivity index (χ1v) is 8.43. The Balaban J connectivity index is 1.35. The largest absolute Gasteiger partial charge is 0.488 e. The van der Waals surface area contributed by atoms with Gasteiger partial charge in [0.1, 0.15) is 11.9 Å². The number of benzene rings is 1. The van der Waals surface area contributed by atoms with Crippen molar-refractivity contribution >= 4 is 6.03 Å². The number of nitrogens with zero attached hydrogens (tertiary/aromatic N) is 2. The fourth-order valence-corrected chi connectivity index (χ4v) is 3.52. The molecule has 4 rings (SSSR count). The zero-order valence-electron chi connectivity index (χ0n) is 13.7. The van der Waals surface area contributed by atoms with E-state index in [0.29, 0.717) is 6.54 Å². The maximum atomic E-state index is 12.6. The molecule has 2 atom stereocenters. The van der Waals surface area contributed by atoms with Gasteiger partial charge in [0.25, 0.3) is 0 Å². The summed E-state index contributed by atoms with van der Waals surface area (Å²) in [7, 11) is 0. The maximum Gasteiger partial charge on any atom is 0.318 e. The third-order valence-electron chi connectivity index (χ3n) is 4.68. The number of hydrogen-bond donors (Lipinski definition) is 1. The van der Waals surface area contributed by atoms with E-state index < -0.39 is 0 Å². The quantitative estimate of drug-likeness (QED) is 0.941. The maximum absolute atomic E-state index is 12.6. The van der Waals surface area contributed by atoms with Crippen LogP contribution in [0.4, 0.5) is 4.79 Å². The highest BCUT2D eigenvalue weighted by atomic mass is 16.5. The Morgan fingerprint density at radius 2 is 2.29 bits per heavy atom. The van der Waals surface area contributed by atoms with Crippen molar-refractivity contribution in [1.82, 2.24) is 15.4 Å². The normalized spacial score (nSPS) is 22.3. The number of carbonyl (C=O) groups excluding carboxylic acids is 1. The average Bonchev–Trinajstić information content (AvgIpc) is 3.30. The molecule has 1 N–H and O–H groups in total. The third-order valence-corrected chi connectivity index (χ3v) is 4.68. The number of likely N-dealkylation sites (tertiary alicyclic amines) is 1. The number of para-hydroxylation sites is 1. The lowest BCUT2D eigenvalue weighted by molar-refractivity contribution is 0.172. The second kappa shape index (κ2) is 6.19. The van der Waals surface area contributed by atoms with Gasteiger partial charge in [-0.25, -0.2) is 4.79 Å². The summed E-state index contributed by atoms with van der Waals surface area (Å²) in [5.74, 6) is 1.69. The van der Waals surface area contributed by atoms with Gasteiger partial charge in [-0.1, -0.05) is 23.4 Å². The van der Waals surface area contributed by atoms with Crippen molar-refractivity contribution in [3.05, 3.63) is 47.3 Å². The molecule has 126 valence electrons. The summed E-state index contributed by atoms with van der Waals surface area (Å²) in [5, 5.41) is 6.94. The van der Waals surface area contributed by atoms with Crippen LogP contribution < -0.4 is 10.1 Å². The van der Waals surface area contributed by atoms with Crippen LogP contribution in [0.2, 0.25) is 0 Å². The van der Waals surface area contributed by atoms with Crippen molar-refractivity contribution in [2.75, 3.05) is 13.1 Å². The van der Waals surface area contributed by atoms with Gasteiger partial charge in [-0.15, -0.1) is 0 Å². The molecule has 6 nitrogen and oxygen atoms in total. The molecule has 6 heteroatoms. The van der Waals surface area contributed by atoms with Crippen LogP contribution in [0.3, 0.4) is 0 Å². The fraction of sp³-hybridized carbons (Fsp3) is 0.444. The molecule has 0 aliphatic carbocycles. The standard InChI is InChI=1S/C18H21N3O3/c1-12-9-17(24-20-12)15-6-4-8-21(15)18(22)19-11-14-10-13-5-2-3-7-16(13)23-14/h2-3,5,7,9,14-15H,4,6,8,10-11H2,1H3,(H,19,22)/t14-,15+/m0/s1. The fourth-order valence-electron chi connectivity index (χ4n) is 3.52. The van der Waals surface area contributed by atoms with E-state index in [2.05, 4.69) is 16.5 Å². The number of aromatic nitrogens is 1. The summed E-state index contributed by atoms with van der Waals surface area (Å²) >= 11 is 0. The Hall–Kier alpha value is -2.50. The van der Waals surface area contributed by atoms with Gasteiger partial charge in [-0.3, -0.25) is 0 Å². The number of carbonyl (C=O) groups is 1. The van der Waals surface area contributed by atoms with Crippen LogP contribution >= 0.6 is 0 Å². The first kappa shape index (κ1) is 15.1. The summed E-state index contributed by atoms with van der Waals surface area (Å²) in [6.45, 7) is 3.13. The second-order valence-electron chi connectivity index (χ2n) is 6.46. The van der Waals surface area contributed by atoms with Crippen LogP contribution in [-0.4, -0.2) is 35.3 Å². The smallest absolute Gasteiger partial charge is 0.318 e. The van der Waals surface area contributed by atoms with Gasteiger partial charge in [0.2, 0.25) is 0 Å². The molecular formula is C18H21N3O3. The summed E-state index contributed by atoms with van der Waals surface area (Å²) < 4.78 is 11.2. The van der Waals surface area contributed by atoms with Crippen LogP contribution in [-0.2, 0) is 6.42 Å². The van der Waals surface area contributed by atoms with E-state index in [1.54, 1.807) is 0 Å². The molecule has 3 heterocycles. The van der Waals surface area contributed by atoms with Gasteiger partial charge in [0, 0.05) is 19.0 Å². The van der Waals surface area contributed by atoms with Gasteiger partial charge < -0.3 is 19.5 Å². The third kappa shape index (κ3) is 2.84. The first-order chi connectivity index (χ1) is 11.7. The minimum Gasteiger partial charge on any atom is -0.488 e. The van der Waals surface area contributed by atoms with Crippen molar-refractivity contribution < 1.29 is 14.1 Å². The molecule has 1 aromatic heterocycles. The number of fused-ring (bicyclic) bond motifs is 1. The highest BCUT2D eigenvalue weighted by Gasteiger charge is 2.33. The molecule has 2 amide bonds. The highest BCUT2D eigenvalue weighted by molar-refractivity contribution is 5.75. The summed E-state index contributed by atoms with van der Waals surface area (Å²) in [4.78, 5) is 14.4. The van der Waals surface area contributed by atoms with E-state index in [-0.39, 0.29) is 18.2 Å². The number of rotatable bonds is 3. The zero-order chi connectivity index (χ0) is 16.5. The van der Waals surface area contributed by atoms with Gasteiger partial charge in [0.15, 0.2) is 5.76 Å². The van der Waals surface area contributed by atoms with Crippen LogP contribution in [0.5, 0.6) is 5.75 Å². The van der Waals surface area contributed by atoms with Crippen molar-refractivity contribution in [1.29, 1.82) is 0 Å². The molecule has 1 aromatic carbocycles. The monoisotopic (exact) mass is 327 g/mol. The van der Waals surface area contributed by atoms with E-state index in [1.165, 1.54) is 5.56 Å². The molecule has 0 radical (unpaired) electrons. The van der Waals surface area contributed by atoms with E-state index >= 15 is 0 Å². The lowest BCUT2D eigenvalue weighted by Gasteiger charge is -2.23. The number of hydrogen-bond acceptors (Lipinski definition) is 4. The number of nitrogens with one attached hydrogen (secondary N) is 1. The number of amides is 2. The predicted molar refractivity (Wildman–Crippen MR) is 87.9 cm³/mol. The highest BCUT2D eigenvalue weighted by Crippen LogP contribution is 2.32. The van der Waals surface area contributed by atoms with Gasteiger partial charge >= 0.3 is 6.03 Å². The second-order valence-corrected chi connectivity index (χ2v) is 6.46. The molecule has 2 aliphatic heterocycles. The SMILES string of the molecule is Cc1cc([C@H]2CCCN2C(=O)NC[C@@H]2Cc3ccccc3O2)on1. The topological polar surface area (TPSA) is 67.6 Å². The molecular weight excluding hydrogens is 306 g/mol. The molecule has 1 saturated heterocycles. The molecule has 1 fully saturated rings. The van der Waals surface area contributed by atoms with E-state index in [1.807, 2.05) is 36.1 Å². The predicted octanol–water partition coefficient (Wildman–Crippen LogP) is 2.83. The Morgan fingerprint density at radius 1 is 1.42 bits per heavy atom. The van der Waals surface area contributed by atoms with Crippen molar-refractivity contribution in [2.24, 2.45) is 0 Å². The zero-order valence-corrected chi connectivity index (χ0v) is 13.7. The minimum atomic E-state index is -0.0638. The molecule has 0 bridgehead atoms. The molecule has 2 aromatic rings. The lowest BCUT2D eigenvalue weighted by Crippen LogP contribution is -2.43. The molecule has 0 saturated carbocycles. The summed E-state index contributed by atoms with van der Waals surface area (Å²) in [6, 6.07) is 9.84. The lowest BCUT2D eigenvalue weighted by atomic mass is 10.1. The van der Waals surface area contributed by atoms with Gasteiger partial charge in [-0.05, 0) is 31.4 Å². The van der Waals surface area contributed by atoms with Crippen molar-refractivity contribution in [3.63, 3.8) is 0 Å². The van der Waals surface area contributed by atoms with Crippen LogP contribution in [0, 0.1) is 6.92 Å². The Labute approximate surface area is 140 Å². The number of aryl methyl sites for hydroxylation is 1. The molecule has 2 aliphatic rings. The minimum absolute atomic E-state index is 0.0000676. The first-order valence-electron chi connectivity index (χ1n) is 8.43.